The lowest BCUT2D eigenvalue weighted by Gasteiger charge is -2.20. The lowest BCUT2D eigenvalue weighted by atomic mass is 10.2. The van der Waals surface area contributed by atoms with Crippen LogP contribution in [0.5, 0.6) is 0 Å². The summed E-state index contributed by atoms with van der Waals surface area (Å²) in [6, 6.07) is 0.557. The van der Waals surface area contributed by atoms with Gasteiger partial charge >= 0.3 is 0 Å². The molecule has 1 heterocycles. The van der Waals surface area contributed by atoms with E-state index < -0.39 is 0 Å². The zero-order chi connectivity index (χ0) is 15.1. The first-order chi connectivity index (χ1) is 9.45. The van der Waals surface area contributed by atoms with E-state index in [0.717, 1.165) is 19.4 Å². The summed E-state index contributed by atoms with van der Waals surface area (Å²) in [5.74, 6) is 0.148. The number of nitrogens with zero attached hydrogens (tertiary/aromatic N) is 2. The number of carbonyl (C=O) groups is 1. The molecule has 0 spiro atoms. The Morgan fingerprint density at radius 3 is 2.70 bits per heavy atom. The molecular weight excluding hydrogens is 274 g/mol. The number of aromatic nitrogens is 1. The largest absolute Gasteiger partial charge is 0.382 e. The molecule has 7 heteroatoms. The summed E-state index contributed by atoms with van der Waals surface area (Å²) in [5.41, 5.74) is 5.71. The summed E-state index contributed by atoms with van der Waals surface area (Å²) in [7, 11) is 3.87. The van der Waals surface area contributed by atoms with E-state index in [-0.39, 0.29) is 11.7 Å². The molecule has 0 fully saturated rings. The fourth-order valence-corrected chi connectivity index (χ4v) is 2.38. The van der Waals surface area contributed by atoms with Gasteiger partial charge in [-0.15, -0.1) is 0 Å². The zero-order valence-electron chi connectivity index (χ0n) is 12.7. The number of hydrogen-bond acceptors (Lipinski definition) is 6. The first-order valence-electron chi connectivity index (χ1n) is 6.88. The van der Waals surface area contributed by atoms with Gasteiger partial charge in [-0.05, 0) is 40.3 Å². The average Bonchev–Trinajstić information content (AvgIpc) is 2.79. The summed E-state index contributed by atoms with van der Waals surface area (Å²) < 4.78 is 0. The van der Waals surface area contributed by atoms with E-state index in [2.05, 4.69) is 41.4 Å². The highest BCUT2D eigenvalue weighted by molar-refractivity contribution is 7.18. The third-order valence-corrected chi connectivity index (χ3v) is 4.27. The second-order valence-electron chi connectivity index (χ2n) is 5.02. The van der Waals surface area contributed by atoms with Crippen molar-refractivity contribution < 1.29 is 4.79 Å². The van der Waals surface area contributed by atoms with Crippen LogP contribution in [0, 0.1) is 0 Å². The Kier molecular flexibility index (Phi) is 6.74. The van der Waals surface area contributed by atoms with Gasteiger partial charge < -0.3 is 21.3 Å². The fraction of sp³-hybridized carbons (Fsp3) is 0.692. The maximum atomic E-state index is 11.9. The molecule has 0 aliphatic carbocycles. The van der Waals surface area contributed by atoms with Gasteiger partial charge in [0.1, 0.15) is 10.7 Å². The lowest BCUT2D eigenvalue weighted by molar-refractivity contribution is 0.0957. The highest BCUT2D eigenvalue weighted by Gasteiger charge is 2.15. The van der Waals surface area contributed by atoms with E-state index in [1.54, 1.807) is 7.05 Å². The number of carbonyl (C=O) groups excluding carboxylic acids is 1. The van der Waals surface area contributed by atoms with Crippen molar-refractivity contribution in [3.8, 4) is 0 Å². The minimum Gasteiger partial charge on any atom is -0.382 e. The third kappa shape index (κ3) is 4.97. The van der Waals surface area contributed by atoms with Crippen molar-refractivity contribution in [3.05, 3.63) is 4.88 Å². The van der Waals surface area contributed by atoms with Crippen LogP contribution in [-0.2, 0) is 0 Å². The van der Waals surface area contributed by atoms with Crippen molar-refractivity contribution in [1.82, 2.24) is 15.2 Å². The monoisotopic (exact) mass is 299 g/mol. The Morgan fingerprint density at radius 1 is 1.45 bits per heavy atom. The highest BCUT2D eigenvalue weighted by Crippen LogP contribution is 2.24. The van der Waals surface area contributed by atoms with Crippen molar-refractivity contribution in [3.63, 3.8) is 0 Å². The molecule has 114 valence electrons. The molecule has 1 aromatic heterocycles. The SMILES string of the molecule is CNc1nc(N)c(C(=O)NCCCCN(C)C(C)C)s1. The smallest absolute Gasteiger partial charge is 0.265 e. The van der Waals surface area contributed by atoms with Gasteiger partial charge in [-0.2, -0.15) is 0 Å². The molecule has 6 nitrogen and oxygen atoms in total. The van der Waals surface area contributed by atoms with E-state index in [4.69, 9.17) is 5.73 Å². The van der Waals surface area contributed by atoms with Gasteiger partial charge in [-0.1, -0.05) is 11.3 Å². The maximum Gasteiger partial charge on any atom is 0.265 e. The first kappa shape index (κ1) is 16.7. The van der Waals surface area contributed by atoms with Crippen LogP contribution >= 0.6 is 11.3 Å². The van der Waals surface area contributed by atoms with Crippen molar-refractivity contribution in [1.29, 1.82) is 0 Å². The Balaban J connectivity index is 2.28. The molecule has 1 rings (SSSR count). The predicted octanol–water partition coefficient (Wildman–Crippen LogP) is 1.62. The number of nitrogens with two attached hydrogens (primary N) is 1. The number of nitrogen functional groups attached to an aromatic ring is 1. The minimum atomic E-state index is -0.140. The van der Waals surface area contributed by atoms with Gasteiger partial charge in [0.05, 0.1) is 0 Å². The number of rotatable bonds is 8. The molecule has 0 bridgehead atoms. The molecule has 4 N–H and O–H groups in total. The van der Waals surface area contributed by atoms with E-state index in [1.165, 1.54) is 11.3 Å². The van der Waals surface area contributed by atoms with Crippen LogP contribution in [0.3, 0.4) is 0 Å². The molecule has 0 aromatic carbocycles. The molecule has 1 aromatic rings. The lowest BCUT2D eigenvalue weighted by Crippen LogP contribution is -2.29. The Hall–Kier alpha value is -1.34. The highest BCUT2D eigenvalue weighted by atomic mass is 32.1. The second kappa shape index (κ2) is 8.06. The molecule has 0 saturated heterocycles. The van der Waals surface area contributed by atoms with Crippen LogP contribution in [0.4, 0.5) is 10.9 Å². The number of nitrogens with one attached hydrogen (secondary N) is 2. The molecule has 0 radical (unpaired) electrons. The van der Waals surface area contributed by atoms with E-state index in [9.17, 15) is 4.79 Å². The number of hydrogen-bond donors (Lipinski definition) is 3. The molecule has 0 aliphatic rings. The van der Waals surface area contributed by atoms with Crippen LogP contribution in [0.1, 0.15) is 36.4 Å². The van der Waals surface area contributed by atoms with Crippen LogP contribution in [-0.4, -0.2) is 49.0 Å². The standard InChI is InChI=1S/C13H25N5OS/c1-9(2)18(4)8-6-5-7-16-12(19)10-11(14)17-13(15-3)20-10/h9H,5-8,14H2,1-4H3,(H,15,17)(H,16,19). The van der Waals surface area contributed by atoms with E-state index in [1.807, 2.05) is 0 Å². The molecule has 0 aliphatic heterocycles. The molecular formula is C13H25N5OS. The van der Waals surface area contributed by atoms with Crippen LogP contribution in [0.2, 0.25) is 0 Å². The maximum absolute atomic E-state index is 11.9. The molecule has 0 unspecified atom stereocenters. The number of unbranched alkanes of at least 4 members (excludes halogenated alkanes) is 1. The quantitative estimate of drug-likeness (QED) is 0.635. The summed E-state index contributed by atoms with van der Waals surface area (Å²) >= 11 is 1.27. The van der Waals surface area contributed by atoms with Gasteiger partial charge in [0.15, 0.2) is 5.13 Å². The van der Waals surface area contributed by atoms with Gasteiger partial charge in [-0.3, -0.25) is 4.79 Å². The zero-order valence-corrected chi connectivity index (χ0v) is 13.5. The summed E-state index contributed by atoms with van der Waals surface area (Å²) in [6.45, 7) is 6.05. The molecule has 20 heavy (non-hydrogen) atoms. The average molecular weight is 299 g/mol. The van der Waals surface area contributed by atoms with E-state index in [0.29, 0.717) is 22.6 Å². The van der Waals surface area contributed by atoms with Gasteiger partial charge in [0.25, 0.3) is 5.91 Å². The number of anilines is 2. The fourth-order valence-electron chi connectivity index (χ4n) is 1.63. The topological polar surface area (TPSA) is 83.3 Å². The normalized spacial score (nSPS) is 11.1. The molecule has 0 atom stereocenters. The molecule has 0 saturated carbocycles. The van der Waals surface area contributed by atoms with E-state index >= 15 is 0 Å². The van der Waals surface area contributed by atoms with Crippen LogP contribution in [0.15, 0.2) is 0 Å². The minimum absolute atomic E-state index is 0.140. The van der Waals surface area contributed by atoms with Gasteiger partial charge in [-0.25, -0.2) is 4.98 Å². The first-order valence-corrected chi connectivity index (χ1v) is 7.69. The van der Waals surface area contributed by atoms with Crippen molar-refractivity contribution >= 4 is 28.2 Å². The van der Waals surface area contributed by atoms with Gasteiger partial charge in [0, 0.05) is 19.6 Å². The van der Waals surface area contributed by atoms with Crippen molar-refractivity contribution in [2.45, 2.75) is 32.7 Å². The van der Waals surface area contributed by atoms with Crippen molar-refractivity contribution in [2.75, 3.05) is 38.2 Å². The van der Waals surface area contributed by atoms with Crippen molar-refractivity contribution in [2.24, 2.45) is 0 Å². The Labute approximate surface area is 124 Å². The third-order valence-electron chi connectivity index (χ3n) is 3.18. The number of thiazole rings is 1. The summed E-state index contributed by atoms with van der Waals surface area (Å²) in [6.07, 6.45) is 2.02. The summed E-state index contributed by atoms with van der Waals surface area (Å²) in [5, 5.41) is 6.43. The summed E-state index contributed by atoms with van der Waals surface area (Å²) in [4.78, 5) is 18.8. The number of amides is 1. The second-order valence-corrected chi connectivity index (χ2v) is 6.02. The van der Waals surface area contributed by atoms with Crippen LogP contribution in [0.25, 0.3) is 0 Å². The molecule has 1 amide bonds. The Bertz CT molecular complexity index is 432. The predicted molar refractivity (Wildman–Crippen MR) is 85.4 cm³/mol. The van der Waals surface area contributed by atoms with Crippen LogP contribution < -0.4 is 16.4 Å². The Morgan fingerprint density at radius 2 is 2.15 bits per heavy atom. The van der Waals surface area contributed by atoms with Gasteiger partial charge in [0.2, 0.25) is 0 Å².